The van der Waals surface area contributed by atoms with Crippen molar-refractivity contribution in [3.05, 3.63) is 93.6 Å². The fraction of sp³-hybridized carbons (Fsp3) is 0.312. The molecule has 0 radical (unpaired) electrons. The number of carbonyl (C=O) groups excluding carboxylic acids is 1. The van der Waals surface area contributed by atoms with E-state index in [0.717, 1.165) is 22.5 Å². The molecular weight excluding hydrogens is 570 g/mol. The van der Waals surface area contributed by atoms with Crippen LogP contribution in [0.1, 0.15) is 38.8 Å². The Labute approximate surface area is 254 Å². The van der Waals surface area contributed by atoms with Gasteiger partial charge in [-0.2, -0.15) is 0 Å². The molecule has 4 rings (SSSR count). The first-order valence-corrected chi connectivity index (χ1v) is 14.7. The number of hydrogen-bond donors (Lipinski definition) is 4. The van der Waals surface area contributed by atoms with Gasteiger partial charge in [-0.15, -0.1) is 0 Å². The van der Waals surface area contributed by atoms with Gasteiger partial charge in [0.05, 0.1) is 11.8 Å². The number of anilines is 2. The fourth-order valence-corrected chi connectivity index (χ4v) is 4.72. The van der Waals surface area contributed by atoms with E-state index in [1.165, 1.54) is 4.90 Å². The molecule has 10 nitrogen and oxygen atoms in total. The number of nitrogens with zero attached hydrogens (tertiary/aromatic N) is 1. The van der Waals surface area contributed by atoms with E-state index in [-0.39, 0.29) is 17.4 Å². The second kappa shape index (κ2) is 14.1. The van der Waals surface area contributed by atoms with Gasteiger partial charge in [0.15, 0.2) is 10.8 Å². The highest BCUT2D eigenvalue weighted by Crippen LogP contribution is 2.36. The van der Waals surface area contributed by atoms with Crippen molar-refractivity contribution >= 4 is 28.1 Å². The summed E-state index contributed by atoms with van der Waals surface area (Å²) < 4.78 is 17.6. The number of aromatic hydroxyl groups is 1. The van der Waals surface area contributed by atoms with E-state index in [4.69, 9.17) is 14.2 Å². The van der Waals surface area contributed by atoms with Crippen LogP contribution in [0.3, 0.4) is 0 Å². The summed E-state index contributed by atoms with van der Waals surface area (Å²) in [6.07, 6.45) is -0.771. The van der Waals surface area contributed by atoms with Crippen LogP contribution in [-0.4, -0.2) is 51.0 Å². The first-order chi connectivity index (χ1) is 20.4. The fourth-order valence-electron chi connectivity index (χ4n) is 4.08. The summed E-state index contributed by atoms with van der Waals surface area (Å²) in [7, 11) is 0. The largest absolute Gasteiger partial charge is 0.492 e. The van der Waals surface area contributed by atoms with Crippen molar-refractivity contribution in [2.45, 2.75) is 52.4 Å². The first-order valence-electron chi connectivity index (χ1n) is 13.9. The van der Waals surface area contributed by atoms with E-state index in [1.807, 2.05) is 54.6 Å². The minimum absolute atomic E-state index is 0.127. The topological polar surface area (TPSA) is 133 Å². The van der Waals surface area contributed by atoms with Gasteiger partial charge in [-0.05, 0) is 81.6 Å². The maximum atomic E-state index is 12.8. The van der Waals surface area contributed by atoms with E-state index >= 15 is 0 Å². The number of benzene rings is 3. The molecule has 0 aliphatic heterocycles. The summed E-state index contributed by atoms with van der Waals surface area (Å²) in [5.41, 5.74) is 1.77. The van der Waals surface area contributed by atoms with Crippen molar-refractivity contribution in [3.63, 3.8) is 0 Å². The molecular formula is C32H37N3O7S. The lowest BCUT2D eigenvalue weighted by molar-refractivity contribution is 0.0164. The zero-order valence-electron chi connectivity index (χ0n) is 24.6. The average molecular weight is 608 g/mol. The van der Waals surface area contributed by atoms with Crippen molar-refractivity contribution in [3.8, 4) is 23.1 Å². The second-order valence-electron chi connectivity index (χ2n) is 11.0. The Morgan fingerprint density at radius 2 is 1.72 bits per heavy atom. The minimum atomic E-state index is -0.723. The number of nitrogens with one attached hydrogen (secondary N) is 2. The number of thiazole rings is 1. The predicted octanol–water partition coefficient (Wildman–Crippen LogP) is 6.42. The number of ether oxygens (including phenoxy) is 3. The maximum absolute atomic E-state index is 12.8. The SMILES string of the molecule is C[C@H](O)CN(CCc1ccc(Nc2sc(=O)[nH]c2O)c(Oc2ccc(OCc3ccccc3)cc2)c1)C(=O)OC(C)(C)C. The van der Waals surface area contributed by atoms with E-state index in [0.29, 0.717) is 42.5 Å². The number of aromatic nitrogens is 1. The molecule has 0 saturated carbocycles. The molecule has 1 atom stereocenters. The van der Waals surface area contributed by atoms with E-state index in [9.17, 15) is 19.8 Å². The maximum Gasteiger partial charge on any atom is 0.410 e. The smallest absolute Gasteiger partial charge is 0.410 e. The van der Waals surface area contributed by atoms with E-state index in [1.54, 1.807) is 45.9 Å². The normalized spacial score (nSPS) is 11.9. The van der Waals surface area contributed by atoms with Crippen molar-refractivity contribution < 1.29 is 29.2 Å². The van der Waals surface area contributed by atoms with Crippen LogP contribution in [0.5, 0.6) is 23.1 Å². The zero-order valence-corrected chi connectivity index (χ0v) is 25.4. The van der Waals surface area contributed by atoms with Gasteiger partial charge < -0.3 is 34.6 Å². The molecule has 0 unspecified atom stereocenters. The van der Waals surface area contributed by atoms with Crippen molar-refractivity contribution in [1.29, 1.82) is 0 Å². The van der Waals surface area contributed by atoms with Crippen LogP contribution in [0.25, 0.3) is 0 Å². The molecule has 1 heterocycles. The molecule has 11 heteroatoms. The molecule has 0 bridgehead atoms. The summed E-state index contributed by atoms with van der Waals surface area (Å²) >= 11 is 0.835. The molecule has 1 aromatic heterocycles. The number of aromatic amines is 1. The van der Waals surface area contributed by atoms with Crippen molar-refractivity contribution in [2.75, 3.05) is 18.4 Å². The van der Waals surface area contributed by atoms with Crippen LogP contribution in [0, 0.1) is 0 Å². The quantitative estimate of drug-likeness (QED) is 0.145. The Balaban J connectivity index is 1.52. The molecule has 0 fully saturated rings. The van der Waals surface area contributed by atoms with Crippen LogP contribution in [-0.2, 0) is 17.8 Å². The highest BCUT2D eigenvalue weighted by molar-refractivity contribution is 7.13. The zero-order chi connectivity index (χ0) is 31.0. The van der Waals surface area contributed by atoms with Crippen LogP contribution >= 0.6 is 11.3 Å². The summed E-state index contributed by atoms with van der Waals surface area (Å²) in [5.74, 6) is 1.40. The molecule has 0 aliphatic carbocycles. The van der Waals surface area contributed by atoms with Gasteiger partial charge in [-0.1, -0.05) is 47.7 Å². The Bertz CT molecular complexity index is 1540. The van der Waals surface area contributed by atoms with Crippen LogP contribution in [0.15, 0.2) is 77.6 Å². The summed E-state index contributed by atoms with van der Waals surface area (Å²) in [4.78, 5) is 27.9. The molecule has 1 amide bonds. The van der Waals surface area contributed by atoms with Crippen LogP contribution in [0.2, 0.25) is 0 Å². The lowest BCUT2D eigenvalue weighted by atomic mass is 10.1. The summed E-state index contributed by atoms with van der Waals surface area (Å²) in [6.45, 7) is 7.87. The molecule has 43 heavy (non-hydrogen) atoms. The van der Waals surface area contributed by atoms with Gasteiger partial charge in [-0.3, -0.25) is 9.78 Å². The Morgan fingerprint density at radius 1 is 1.02 bits per heavy atom. The average Bonchev–Trinajstić information content (AvgIpc) is 3.27. The van der Waals surface area contributed by atoms with Crippen molar-refractivity contribution in [1.82, 2.24) is 9.88 Å². The van der Waals surface area contributed by atoms with Crippen molar-refractivity contribution in [2.24, 2.45) is 0 Å². The minimum Gasteiger partial charge on any atom is -0.492 e. The van der Waals surface area contributed by atoms with E-state index in [2.05, 4.69) is 10.3 Å². The summed E-state index contributed by atoms with van der Waals surface area (Å²) in [5, 5.41) is 23.4. The van der Waals surface area contributed by atoms with Crippen LogP contribution < -0.4 is 19.7 Å². The number of hydrogen-bond acceptors (Lipinski definition) is 9. The molecule has 0 saturated heterocycles. The Kier molecular flexibility index (Phi) is 10.3. The lowest BCUT2D eigenvalue weighted by Gasteiger charge is -2.28. The van der Waals surface area contributed by atoms with Gasteiger partial charge in [0.25, 0.3) is 0 Å². The highest BCUT2D eigenvalue weighted by Gasteiger charge is 2.23. The number of rotatable bonds is 12. The third kappa shape index (κ3) is 9.79. The number of carbonyl (C=O) groups is 1. The molecule has 0 spiro atoms. The van der Waals surface area contributed by atoms with Crippen LogP contribution in [0.4, 0.5) is 15.5 Å². The lowest BCUT2D eigenvalue weighted by Crippen LogP contribution is -2.41. The monoisotopic (exact) mass is 607 g/mol. The van der Waals surface area contributed by atoms with E-state index < -0.39 is 22.7 Å². The first kappa shape index (κ1) is 31.5. The number of aliphatic hydroxyl groups excluding tert-OH is 1. The van der Waals surface area contributed by atoms with Gasteiger partial charge in [0.2, 0.25) is 5.88 Å². The second-order valence-corrected chi connectivity index (χ2v) is 12.0. The standard InChI is InChI=1S/C32H37N3O7S/c1-21(36)19-35(31(39)42-32(2,3)4)17-16-22-10-15-26(33-29-28(37)34-30(38)43-29)27(18-22)41-25-13-11-24(12-14-25)40-20-23-8-6-5-7-9-23/h5-15,18,21,33,36-37H,16-17,19-20H2,1-4H3,(H,34,38)/t21-/m0/s1. The molecule has 4 aromatic rings. The number of aliphatic hydroxyl groups is 1. The molecule has 4 N–H and O–H groups in total. The number of H-pyrrole nitrogens is 1. The number of amides is 1. The van der Waals surface area contributed by atoms with Gasteiger partial charge in [-0.25, -0.2) is 4.79 Å². The van der Waals surface area contributed by atoms with Gasteiger partial charge in [0.1, 0.15) is 23.7 Å². The van der Waals surface area contributed by atoms with Gasteiger partial charge >= 0.3 is 11.0 Å². The molecule has 0 aliphatic rings. The third-order valence-electron chi connectivity index (χ3n) is 6.03. The molecule has 3 aromatic carbocycles. The predicted molar refractivity (Wildman–Crippen MR) is 167 cm³/mol. The Hall–Kier alpha value is -4.48. The Morgan fingerprint density at radius 3 is 2.35 bits per heavy atom. The molecule has 228 valence electrons. The van der Waals surface area contributed by atoms with Gasteiger partial charge in [0, 0.05) is 13.1 Å². The third-order valence-corrected chi connectivity index (χ3v) is 6.82. The summed E-state index contributed by atoms with van der Waals surface area (Å²) in [6, 6.07) is 22.5. The highest BCUT2D eigenvalue weighted by atomic mass is 32.1.